The molecule has 1 aromatic carbocycles. The molecule has 0 saturated heterocycles. The van der Waals surface area contributed by atoms with Gasteiger partial charge in [0.1, 0.15) is 0 Å². The summed E-state index contributed by atoms with van der Waals surface area (Å²) in [5, 5.41) is 2.60. The first-order chi connectivity index (χ1) is 9.87. The van der Waals surface area contributed by atoms with E-state index in [0.29, 0.717) is 18.1 Å². The highest BCUT2D eigenvalue weighted by Gasteiger charge is 2.42. The first kappa shape index (κ1) is 16.3. The lowest BCUT2D eigenvalue weighted by Gasteiger charge is -2.14. The average molecular weight is 331 g/mol. The molecule has 116 valence electrons. The number of carbonyl (C=O) groups is 1. The number of amides is 1. The highest BCUT2D eigenvalue weighted by molar-refractivity contribution is 7.89. The molecular weight excluding hydrogens is 312 g/mol. The summed E-state index contributed by atoms with van der Waals surface area (Å²) in [6, 6.07) is 6.10. The van der Waals surface area contributed by atoms with E-state index in [9.17, 15) is 13.2 Å². The normalized spacial score (nSPS) is 16.5. The fraction of sp³-hybridized carbons (Fsp3) is 0.500. The second-order valence-corrected chi connectivity index (χ2v) is 7.61. The molecule has 2 rings (SSSR count). The van der Waals surface area contributed by atoms with Gasteiger partial charge in [0.25, 0.3) is 0 Å². The number of hydrogen-bond donors (Lipinski definition) is 2. The van der Waals surface area contributed by atoms with E-state index in [1.165, 1.54) is 19.1 Å². The molecule has 0 aliphatic heterocycles. The van der Waals surface area contributed by atoms with E-state index >= 15 is 0 Å². The van der Waals surface area contributed by atoms with Crippen molar-refractivity contribution < 1.29 is 13.2 Å². The number of sulfonamides is 1. The van der Waals surface area contributed by atoms with Crippen molar-refractivity contribution in [3.05, 3.63) is 24.3 Å². The third-order valence-corrected chi connectivity index (χ3v) is 5.31. The van der Waals surface area contributed by atoms with Gasteiger partial charge in [0, 0.05) is 25.0 Å². The van der Waals surface area contributed by atoms with Crippen molar-refractivity contribution in [2.45, 2.75) is 31.1 Å². The van der Waals surface area contributed by atoms with Gasteiger partial charge in [0.2, 0.25) is 15.9 Å². The monoisotopic (exact) mass is 330 g/mol. The summed E-state index contributed by atoms with van der Waals surface area (Å²) >= 11 is 5.74. The van der Waals surface area contributed by atoms with Gasteiger partial charge in [0.05, 0.1) is 4.90 Å². The van der Waals surface area contributed by atoms with Crippen LogP contribution in [0.15, 0.2) is 29.2 Å². The maximum absolute atomic E-state index is 12.2. The molecule has 2 N–H and O–H groups in total. The summed E-state index contributed by atoms with van der Waals surface area (Å²) in [5.41, 5.74) is 0.618. The third-order valence-electron chi connectivity index (χ3n) is 3.70. The minimum Gasteiger partial charge on any atom is -0.326 e. The molecule has 1 fully saturated rings. The Morgan fingerprint density at radius 1 is 1.29 bits per heavy atom. The summed E-state index contributed by atoms with van der Waals surface area (Å²) < 4.78 is 27.1. The van der Waals surface area contributed by atoms with E-state index < -0.39 is 10.0 Å². The van der Waals surface area contributed by atoms with E-state index in [1.54, 1.807) is 12.1 Å². The molecule has 1 aliphatic carbocycles. The van der Waals surface area contributed by atoms with E-state index in [-0.39, 0.29) is 16.2 Å². The summed E-state index contributed by atoms with van der Waals surface area (Å²) in [4.78, 5) is 11.1. The van der Waals surface area contributed by atoms with Gasteiger partial charge in [-0.3, -0.25) is 4.79 Å². The van der Waals surface area contributed by atoms with Gasteiger partial charge in [-0.2, -0.15) is 0 Å². The van der Waals surface area contributed by atoms with Crippen LogP contribution in [0, 0.1) is 5.41 Å². The Balaban J connectivity index is 2.00. The Hall–Kier alpha value is -1.11. The number of benzene rings is 1. The molecule has 0 spiro atoms. The van der Waals surface area contributed by atoms with Crippen molar-refractivity contribution >= 4 is 33.2 Å². The number of alkyl halides is 1. The van der Waals surface area contributed by atoms with Crippen LogP contribution in [0.1, 0.15) is 26.2 Å². The van der Waals surface area contributed by atoms with Gasteiger partial charge in [-0.1, -0.05) is 0 Å². The fourth-order valence-corrected chi connectivity index (χ4v) is 3.70. The molecule has 21 heavy (non-hydrogen) atoms. The summed E-state index contributed by atoms with van der Waals surface area (Å²) in [7, 11) is -3.52. The highest BCUT2D eigenvalue weighted by Crippen LogP contribution is 2.48. The maximum Gasteiger partial charge on any atom is 0.240 e. The Morgan fingerprint density at radius 3 is 2.38 bits per heavy atom. The number of rotatable bonds is 7. The molecule has 1 aliphatic rings. The summed E-state index contributed by atoms with van der Waals surface area (Å²) in [5.74, 6) is 0.355. The zero-order chi connectivity index (χ0) is 15.5. The van der Waals surface area contributed by atoms with Gasteiger partial charge < -0.3 is 5.32 Å². The summed E-state index contributed by atoms with van der Waals surface area (Å²) in [6.07, 6.45) is 2.87. The first-order valence-electron chi connectivity index (χ1n) is 6.80. The van der Waals surface area contributed by atoms with Crippen LogP contribution in [0.2, 0.25) is 0 Å². The molecule has 7 heteroatoms. The maximum atomic E-state index is 12.2. The Labute approximate surface area is 130 Å². The number of anilines is 1. The predicted octanol–water partition coefficient (Wildman–Crippen LogP) is 2.33. The van der Waals surface area contributed by atoms with E-state index in [0.717, 1.165) is 19.3 Å². The van der Waals surface area contributed by atoms with E-state index in [2.05, 4.69) is 10.0 Å². The van der Waals surface area contributed by atoms with Crippen molar-refractivity contribution in [3.63, 3.8) is 0 Å². The van der Waals surface area contributed by atoms with Crippen molar-refractivity contribution in [2.24, 2.45) is 5.41 Å². The van der Waals surface area contributed by atoms with Crippen LogP contribution in [-0.4, -0.2) is 26.7 Å². The Morgan fingerprint density at radius 2 is 1.90 bits per heavy atom. The van der Waals surface area contributed by atoms with Crippen LogP contribution in [0.25, 0.3) is 0 Å². The predicted molar refractivity (Wildman–Crippen MR) is 82.9 cm³/mol. The average Bonchev–Trinajstić information content (AvgIpc) is 3.17. The van der Waals surface area contributed by atoms with Crippen LogP contribution in [-0.2, 0) is 14.8 Å². The lowest BCUT2D eigenvalue weighted by molar-refractivity contribution is -0.114. The molecule has 0 atom stereocenters. The van der Waals surface area contributed by atoms with Gasteiger partial charge in [-0.25, -0.2) is 13.1 Å². The smallest absolute Gasteiger partial charge is 0.240 e. The minimum atomic E-state index is -3.52. The SMILES string of the molecule is CC(=O)Nc1ccc(S(=O)(=O)NCC2(CCCl)CC2)cc1. The lowest BCUT2D eigenvalue weighted by atomic mass is 10.1. The third kappa shape index (κ3) is 4.43. The van der Waals surface area contributed by atoms with Crippen molar-refractivity contribution in [1.82, 2.24) is 4.72 Å². The molecule has 0 bridgehead atoms. The highest BCUT2D eigenvalue weighted by atomic mass is 35.5. The van der Waals surface area contributed by atoms with E-state index in [4.69, 9.17) is 11.6 Å². The van der Waals surface area contributed by atoms with Crippen LogP contribution >= 0.6 is 11.6 Å². The quantitative estimate of drug-likeness (QED) is 0.753. The molecule has 0 heterocycles. The fourth-order valence-electron chi connectivity index (χ4n) is 2.14. The van der Waals surface area contributed by atoms with Gasteiger partial charge >= 0.3 is 0 Å². The van der Waals surface area contributed by atoms with Crippen molar-refractivity contribution in [2.75, 3.05) is 17.7 Å². The Bertz CT molecular complexity index is 610. The molecule has 0 radical (unpaired) electrons. The number of hydrogen-bond acceptors (Lipinski definition) is 3. The van der Waals surface area contributed by atoms with Gasteiger partial charge in [-0.05, 0) is 48.9 Å². The van der Waals surface area contributed by atoms with Crippen LogP contribution in [0.4, 0.5) is 5.69 Å². The minimum absolute atomic E-state index is 0.0466. The molecule has 1 aromatic rings. The molecular formula is C14H19ClN2O3S. The second-order valence-electron chi connectivity index (χ2n) is 5.47. The molecule has 5 nitrogen and oxygen atoms in total. The van der Waals surface area contributed by atoms with Crippen LogP contribution in [0.5, 0.6) is 0 Å². The zero-order valence-corrected chi connectivity index (χ0v) is 13.4. The van der Waals surface area contributed by atoms with Crippen LogP contribution in [0.3, 0.4) is 0 Å². The topological polar surface area (TPSA) is 75.3 Å². The molecule has 1 amide bonds. The Kier molecular flexibility index (Phi) is 4.91. The number of carbonyl (C=O) groups excluding carboxylic acids is 1. The second kappa shape index (κ2) is 6.34. The van der Waals surface area contributed by atoms with Gasteiger partial charge in [0.15, 0.2) is 0 Å². The van der Waals surface area contributed by atoms with Crippen molar-refractivity contribution in [3.8, 4) is 0 Å². The van der Waals surface area contributed by atoms with Crippen molar-refractivity contribution in [1.29, 1.82) is 0 Å². The van der Waals surface area contributed by atoms with Gasteiger partial charge in [-0.15, -0.1) is 11.6 Å². The standard InChI is InChI=1S/C14H19ClN2O3S/c1-11(18)17-12-2-4-13(5-3-12)21(19,20)16-10-14(6-7-14)8-9-15/h2-5,16H,6-10H2,1H3,(H,17,18). The number of halogens is 1. The number of nitrogens with one attached hydrogen (secondary N) is 2. The molecule has 1 saturated carbocycles. The molecule has 0 unspecified atom stereocenters. The lowest BCUT2D eigenvalue weighted by Crippen LogP contribution is -2.30. The van der Waals surface area contributed by atoms with E-state index in [1.807, 2.05) is 0 Å². The molecule has 0 aromatic heterocycles. The van der Waals surface area contributed by atoms with Crippen LogP contribution < -0.4 is 10.0 Å². The zero-order valence-electron chi connectivity index (χ0n) is 11.9. The summed E-state index contributed by atoms with van der Waals surface area (Å²) in [6.45, 7) is 1.83. The first-order valence-corrected chi connectivity index (χ1v) is 8.82. The largest absolute Gasteiger partial charge is 0.326 e.